The fourth-order valence-corrected chi connectivity index (χ4v) is 4.10. The van der Waals surface area contributed by atoms with Gasteiger partial charge in [0.05, 0.1) is 10.0 Å². The molecule has 1 N–H and O–H groups in total. The van der Waals surface area contributed by atoms with Gasteiger partial charge in [-0.3, -0.25) is 9.59 Å². The predicted molar refractivity (Wildman–Crippen MR) is 137 cm³/mol. The monoisotopic (exact) mass is 484 g/mol. The summed E-state index contributed by atoms with van der Waals surface area (Å²) < 4.78 is 0. The molecule has 6 heteroatoms. The Morgan fingerprint density at radius 1 is 0.970 bits per heavy atom. The van der Waals surface area contributed by atoms with Crippen LogP contribution in [0.3, 0.4) is 0 Å². The Balaban J connectivity index is 1.81. The van der Waals surface area contributed by atoms with Crippen LogP contribution in [0, 0.1) is 0 Å². The van der Waals surface area contributed by atoms with Crippen molar-refractivity contribution in [2.24, 2.45) is 0 Å². The van der Waals surface area contributed by atoms with Gasteiger partial charge >= 0.3 is 0 Å². The van der Waals surface area contributed by atoms with Crippen molar-refractivity contribution in [3.8, 4) is 0 Å². The van der Waals surface area contributed by atoms with Gasteiger partial charge in [0.15, 0.2) is 0 Å². The highest BCUT2D eigenvalue weighted by Gasteiger charge is 2.26. The lowest BCUT2D eigenvalue weighted by Gasteiger charge is -2.30. The number of amides is 2. The molecule has 0 fully saturated rings. The Morgan fingerprint density at radius 2 is 1.70 bits per heavy atom. The Bertz CT molecular complexity index is 1130. The minimum atomic E-state index is -0.617. The van der Waals surface area contributed by atoms with E-state index in [1.54, 1.807) is 24.0 Å². The second-order valence-corrected chi connectivity index (χ2v) is 9.22. The zero-order valence-electron chi connectivity index (χ0n) is 19.3. The number of carbonyl (C=O) groups is 2. The molecule has 33 heavy (non-hydrogen) atoms. The second-order valence-electron chi connectivity index (χ2n) is 8.40. The summed E-state index contributed by atoms with van der Waals surface area (Å²) in [5.41, 5.74) is 1.94. The number of nitrogens with one attached hydrogen (secondary N) is 1. The maximum Gasteiger partial charge on any atom is 0.242 e. The number of carbonyl (C=O) groups excluding carboxylic acids is 2. The summed E-state index contributed by atoms with van der Waals surface area (Å²) in [6.07, 6.45) is 1.72. The molecule has 3 rings (SSSR count). The summed E-state index contributed by atoms with van der Waals surface area (Å²) in [5, 5.41) is 6.16. The number of benzene rings is 3. The van der Waals surface area contributed by atoms with Crippen LogP contribution < -0.4 is 5.32 Å². The molecule has 0 radical (unpaired) electrons. The highest BCUT2D eigenvalue weighted by molar-refractivity contribution is 6.42. The fraction of sp³-hybridized carbons (Fsp3) is 0.333. The van der Waals surface area contributed by atoms with Crippen molar-refractivity contribution >= 4 is 45.8 Å². The quantitative estimate of drug-likeness (QED) is 0.381. The van der Waals surface area contributed by atoms with Crippen LogP contribution >= 0.6 is 23.2 Å². The standard InChI is InChI=1S/C27H30Cl2N2O2/c1-4-18(2)30-27(33)19(3)31(17-20-12-14-24(28)25(29)16-20)26(32)15-13-22-10-7-9-21-8-5-6-11-23(21)22/h5-12,14,16,18-19H,4,13,15,17H2,1-3H3,(H,30,33)/t18-,19-/m1/s1. The van der Waals surface area contributed by atoms with Crippen molar-refractivity contribution in [1.29, 1.82) is 0 Å². The highest BCUT2D eigenvalue weighted by Crippen LogP contribution is 2.25. The first-order valence-electron chi connectivity index (χ1n) is 11.3. The molecule has 0 heterocycles. The van der Waals surface area contributed by atoms with Crippen LogP contribution in [0.1, 0.15) is 44.7 Å². The lowest BCUT2D eigenvalue weighted by atomic mass is 10.0. The topological polar surface area (TPSA) is 49.4 Å². The van der Waals surface area contributed by atoms with Gasteiger partial charge in [-0.2, -0.15) is 0 Å². The molecule has 0 spiro atoms. The van der Waals surface area contributed by atoms with E-state index in [0.29, 0.717) is 22.9 Å². The summed E-state index contributed by atoms with van der Waals surface area (Å²) in [6.45, 7) is 6.01. The number of hydrogen-bond donors (Lipinski definition) is 1. The minimum Gasteiger partial charge on any atom is -0.352 e. The fourth-order valence-electron chi connectivity index (χ4n) is 3.78. The SMILES string of the molecule is CC[C@@H](C)NC(=O)[C@@H](C)N(Cc1ccc(Cl)c(Cl)c1)C(=O)CCc1cccc2ccccc12. The van der Waals surface area contributed by atoms with Gasteiger partial charge in [-0.25, -0.2) is 0 Å². The molecule has 174 valence electrons. The molecule has 0 aliphatic carbocycles. The summed E-state index contributed by atoms with van der Waals surface area (Å²) in [4.78, 5) is 27.9. The predicted octanol–water partition coefficient (Wildman–Crippen LogP) is 6.41. The average Bonchev–Trinajstić information content (AvgIpc) is 2.82. The lowest BCUT2D eigenvalue weighted by Crippen LogP contribution is -2.49. The van der Waals surface area contributed by atoms with E-state index in [2.05, 4.69) is 29.6 Å². The van der Waals surface area contributed by atoms with Gasteiger partial charge in [-0.1, -0.05) is 78.7 Å². The molecule has 0 aliphatic heterocycles. The van der Waals surface area contributed by atoms with Crippen molar-refractivity contribution in [2.45, 2.75) is 58.7 Å². The summed E-state index contributed by atoms with van der Waals surface area (Å²) in [7, 11) is 0. The molecule has 2 amide bonds. The third-order valence-corrected chi connectivity index (χ3v) is 6.73. The second kappa shape index (κ2) is 11.5. The van der Waals surface area contributed by atoms with E-state index >= 15 is 0 Å². The van der Waals surface area contributed by atoms with Crippen molar-refractivity contribution in [1.82, 2.24) is 10.2 Å². The van der Waals surface area contributed by atoms with Gasteiger partial charge in [0.25, 0.3) is 0 Å². The van der Waals surface area contributed by atoms with Crippen LogP contribution in [0.25, 0.3) is 10.8 Å². The molecular weight excluding hydrogens is 455 g/mol. The van der Waals surface area contributed by atoms with Gasteiger partial charge in [-0.05, 0) is 60.7 Å². The van der Waals surface area contributed by atoms with Crippen LogP contribution in [-0.4, -0.2) is 28.8 Å². The highest BCUT2D eigenvalue weighted by atomic mass is 35.5. The first-order chi connectivity index (χ1) is 15.8. The Kier molecular flexibility index (Phi) is 8.76. The maximum atomic E-state index is 13.4. The van der Waals surface area contributed by atoms with Gasteiger partial charge < -0.3 is 10.2 Å². The minimum absolute atomic E-state index is 0.0394. The largest absolute Gasteiger partial charge is 0.352 e. The third-order valence-electron chi connectivity index (χ3n) is 5.99. The molecule has 0 saturated heterocycles. The van der Waals surface area contributed by atoms with Crippen LogP contribution in [0.5, 0.6) is 0 Å². The van der Waals surface area contributed by atoms with E-state index in [4.69, 9.17) is 23.2 Å². The molecule has 0 aliphatic rings. The summed E-state index contributed by atoms with van der Waals surface area (Å²) >= 11 is 12.2. The third kappa shape index (κ3) is 6.49. The van der Waals surface area contributed by atoms with E-state index < -0.39 is 6.04 Å². The van der Waals surface area contributed by atoms with E-state index in [1.807, 2.05) is 38.1 Å². The summed E-state index contributed by atoms with van der Waals surface area (Å²) in [6, 6.07) is 19.0. The van der Waals surface area contributed by atoms with Crippen LogP contribution in [-0.2, 0) is 22.6 Å². The normalized spacial score (nSPS) is 12.9. The Morgan fingerprint density at radius 3 is 2.42 bits per heavy atom. The molecule has 0 saturated carbocycles. The van der Waals surface area contributed by atoms with Gasteiger partial charge in [-0.15, -0.1) is 0 Å². The van der Waals surface area contributed by atoms with E-state index in [0.717, 1.165) is 28.3 Å². The molecule has 3 aromatic carbocycles. The smallest absolute Gasteiger partial charge is 0.242 e. The maximum absolute atomic E-state index is 13.4. The molecule has 0 bridgehead atoms. The number of aryl methyl sites for hydroxylation is 1. The molecule has 0 unspecified atom stereocenters. The number of halogens is 2. The zero-order valence-corrected chi connectivity index (χ0v) is 20.8. The first-order valence-corrected chi connectivity index (χ1v) is 12.1. The molecule has 2 atom stereocenters. The molecule has 3 aromatic rings. The Labute approximate surface area is 205 Å². The first kappa shape index (κ1) is 25.1. The van der Waals surface area contributed by atoms with Crippen LogP contribution in [0.15, 0.2) is 60.7 Å². The van der Waals surface area contributed by atoms with Crippen molar-refractivity contribution in [3.63, 3.8) is 0 Å². The molecule has 4 nitrogen and oxygen atoms in total. The number of fused-ring (bicyclic) bond motifs is 1. The van der Waals surface area contributed by atoms with Gasteiger partial charge in [0.1, 0.15) is 6.04 Å². The zero-order chi connectivity index (χ0) is 24.0. The number of rotatable bonds is 9. The van der Waals surface area contributed by atoms with E-state index in [-0.39, 0.29) is 24.4 Å². The Hall–Kier alpha value is -2.56. The molecular formula is C27H30Cl2N2O2. The van der Waals surface area contributed by atoms with Gasteiger partial charge in [0.2, 0.25) is 11.8 Å². The van der Waals surface area contributed by atoms with Crippen molar-refractivity contribution in [3.05, 3.63) is 81.8 Å². The number of nitrogens with zero attached hydrogens (tertiary/aromatic N) is 1. The summed E-state index contributed by atoms with van der Waals surface area (Å²) in [5.74, 6) is -0.247. The van der Waals surface area contributed by atoms with Gasteiger partial charge in [0, 0.05) is 19.0 Å². The lowest BCUT2D eigenvalue weighted by molar-refractivity contribution is -0.140. The van der Waals surface area contributed by atoms with E-state index in [1.165, 1.54) is 0 Å². The van der Waals surface area contributed by atoms with E-state index in [9.17, 15) is 9.59 Å². The number of hydrogen-bond acceptors (Lipinski definition) is 2. The van der Waals surface area contributed by atoms with Crippen LogP contribution in [0.2, 0.25) is 10.0 Å². The average molecular weight is 485 g/mol. The van der Waals surface area contributed by atoms with Crippen molar-refractivity contribution < 1.29 is 9.59 Å². The van der Waals surface area contributed by atoms with Crippen molar-refractivity contribution in [2.75, 3.05) is 0 Å². The molecule has 0 aromatic heterocycles. The van der Waals surface area contributed by atoms with Crippen LogP contribution in [0.4, 0.5) is 0 Å².